The van der Waals surface area contributed by atoms with E-state index in [0.29, 0.717) is 0 Å². The second kappa shape index (κ2) is 7.27. The lowest BCUT2D eigenvalue weighted by Gasteiger charge is -2.20. The molecule has 1 heterocycles. The molecule has 0 aliphatic rings. The summed E-state index contributed by atoms with van der Waals surface area (Å²) in [6.07, 6.45) is 5.70. The normalized spacial score (nSPS) is 12.3. The lowest BCUT2D eigenvalue weighted by molar-refractivity contribution is 0.529. The Balaban J connectivity index is 2.19. The fourth-order valence-corrected chi connectivity index (χ4v) is 2.39. The highest BCUT2D eigenvalue weighted by Crippen LogP contribution is 2.25. The quantitative estimate of drug-likeness (QED) is 0.861. The van der Waals surface area contributed by atoms with Gasteiger partial charge in [0, 0.05) is 23.5 Å². The van der Waals surface area contributed by atoms with Gasteiger partial charge in [-0.05, 0) is 48.7 Å². The van der Waals surface area contributed by atoms with Crippen molar-refractivity contribution in [2.45, 2.75) is 25.8 Å². The Morgan fingerprint density at radius 1 is 1.16 bits per heavy atom. The van der Waals surface area contributed by atoms with Crippen LogP contribution in [-0.2, 0) is 6.42 Å². The van der Waals surface area contributed by atoms with Crippen LogP contribution in [0, 0.1) is 0 Å². The van der Waals surface area contributed by atoms with Crippen molar-refractivity contribution >= 4 is 11.6 Å². The van der Waals surface area contributed by atoms with Crippen molar-refractivity contribution in [1.29, 1.82) is 0 Å². The lowest BCUT2D eigenvalue weighted by Crippen LogP contribution is -2.24. The number of rotatable bonds is 6. The van der Waals surface area contributed by atoms with Crippen molar-refractivity contribution in [3.8, 4) is 0 Å². The van der Waals surface area contributed by atoms with Gasteiger partial charge in [0.2, 0.25) is 0 Å². The molecule has 19 heavy (non-hydrogen) atoms. The van der Waals surface area contributed by atoms with E-state index in [1.54, 1.807) is 0 Å². The monoisotopic (exact) mass is 274 g/mol. The number of hydrogen-bond donors (Lipinski definition) is 1. The predicted octanol–water partition coefficient (Wildman–Crippen LogP) is 4.02. The second-order valence-corrected chi connectivity index (χ2v) is 5.00. The highest BCUT2D eigenvalue weighted by atomic mass is 35.5. The van der Waals surface area contributed by atoms with Crippen LogP contribution in [0.2, 0.25) is 5.02 Å². The summed E-state index contributed by atoms with van der Waals surface area (Å²) in [5, 5.41) is 4.39. The summed E-state index contributed by atoms with van der Waals surface area (Å²) < 4.78 is 0. The zero-order valence-electron chi connectivity index (χ0n) is 11.1. The smallest absolute Gasteiger partial charge is 0.0453 e. The Bertz CT molecular complexity index is 499. The minimum absolute atomic E-state index is 0.246. The van der Waals surface area contributed by atoms with Crippen molar-refractivity contribution in [2.75, 3.05) is 6.54 Å². The van der Waals surface area contributed by atoms with Crippen LogP contribution in [0.4, 0.5) is 0 Å². The number of hydrogen-bond acceptors (Lipinski definition) is 2. The fourth-order valence-electron chi connectivity index (χ4n) is 2.12. The molecule has 2 rings (SSSR count). The molecule has 0 fully saturated rings. The third-order valence-electron chi connectivity index (χ3n) is 3.11. The van der Waals surface area contributed by atoms with Crippen LogP contribution in [0.1, 0.15) is 30.5 Å². The zero-order chi connectivity index (χ0) is 13.5. The first-order valence-corrected chi connectivity index (χ1v) is 7.05. The van der Waals surface area contributed by atoms with Crippen molar-refractivity contribution < 1.29 is 0 Å². The van der Waals surface area contributed by atoms with Gasteiger partial charge in [-0.2, -0.15) is 0 Å². The van der Waals surface area contributed by atoms with Crippen LogP contribution in [0.5, 0.6) is 0 Å². The number of nitrogens with zero attached hydrogens (tertiary/aromatic N) is 1. The number of aromatic nitrogens is 1. The standard InChI is InChI=1S/C16H19ClN2/c1-2-9-19-16(12-13-7-10-18-11-8-13)14-5-3-4-6-15(14)17/h3-8,10-11,16,19H,2,9,12H2,1H3. The topological polar surface area (TPSA) is 24.9 Å². The van der Waals surface area contributed by atoms with Crippen LogP contribution >= 0.6 is 11.6 Å². The van der Waals surface area contributed by atoms with Gasteiger partial charge in [0.05, 0.1) is 0 Å². The minimum atomic E-state index is 0.246. The van der Waals surface area contributed by atoms with E-state index >= 15 is 0 Å². The molecule has 1 N–H and O–H groups in total. The van der Waals surface area contributed by atoms with Crippen LogP contribution < -0.4 is 5.32 Å². The molecule has 1 aromatic carbocycles. The van der Waals surface area contributed by atoms with E-state index in [4.69, 9.17) is 11.6 Å². The van der Waals surface area contributed by atoms with Gasteiger partial charge in [0.15, 0.2) is 0 Å². The van der Waals surface area contributed by atoms with E-state index in [0.717, 1.165) is 30.0 Å². The van der Waals surface area contributed by atoms with E-state index in [-0.39, 0.29) is 6.04 Å². The maximum atomic E-state index is 6.31. The molecule has 0 saturated carbocycles. The SMILES string of the molecule is CCCNC(Cc1ccncc1)c1ccccc1Cl. The molecule has 0 aliphatic carbocycles. The molecule has 0 amide bonds. The highest BCUT2D eigenvalue weighted by molar-refractivity contribution is 6.31. The van der Waals surface area contributed by atoms with Gasteiger partial charge in [-0.25, -0.2) is 0 Å². The number of nitrogens with one attached hydrogen (secondary N) is 1. The molecule has 0 radical (unpaired) electrons. The highest BCUT2D eigenvalue weighted by Gasteiger charge is 2.14. The first-order chi connectivity index (χ1) is 9.31. The van der Waals surface area contributed by atoms with E-state index in [1.807, 2.05) is 30.6 Å². The summed E-state index contributed by atoms with van der Waals surface area (Å²) in [5.74, 6) is 0. The number of halogens is 1. The first kappa shape index (κ1) is 14.0. The summed E-state index contributed by atoms with van der Waals surface area (Å²) in [6, 6.07) is 12.4. The van der Waals surface area contributed by atoms with E-state index in [1.165, 1.54) is 5.56 Å². The molecule has 1 atom stereocenters. The molecule has 0 saturated heterocycles. The minimum Gasteiger partial charge on any atom is -0.310 e. The Kier molecular flexibility index (Phi) is 5.37. The Morgan fingerprint density at radius 2 is 1.89 bits per heavy atom. The first-order valence-electron chi connectivity index (χ1n) is 6.68. The summed E-state index contributed by atoms with van der Waals surface area (Å²) in [6.45, 7) is 3.16. The van der Waals surface area contributed by atoms with Crippen molar-refractivity contribution in [3.63, 3.8) is 0 Å². The second-order valence-electron chi connectivity index (χ2n) is 4.59. The van der Waals surface area contributed by atoms with Crippen LogP contribution in [0.15, 0.2) is 48.8 Å². The van der Waals surface area contributed by atoms with Gasteiger partial charge in [0.1, 0.15) is 0 Å². The molecule has 2 aromatic rings. The van der Waals surface area contributed by atoms with Crippen molar-refractivity contribution in [1.82, 2.24) is 10.3 Å². The average Bonchev–Trinajstić information content (AvgIpc) is 2.45. The molecule has 0 spiro atoms. The molecule has 100 valence electrons. The number of pyridine rings is 1. The third kappa shape index (κ3) is 4.05. The summed E-state index contributed by atoms with van der Waals surface area (Å²) in [5.41, 5.74) is 2.43. The van der Waals surface area contributed by atoms with Crippen LogP contribution in [0.3, 0.4) is 0 Å². The van der Waals surface area contributed by atoms with E-state index in [9.17, 15) is 0 Å². The maximum Gasteiger partial charge on any atom is 0.0453 e. The van der Waals surface area contributed by atoms with Gasteiger partial charge in [-0.1, -0.05) is 36.7 Å². The maximum absolute atomic E-state index is 6.31. The molecule has 2 nitrogen and oxygen atoms in total. The van der Waals surface area contributed by atoms with Gasteiger partial charge >= 0.3 is 0 Å². The molecule has 1 unspecified atom stereocenters. The third-order valence-corrected chi connectivity index (χ3v) is 3.45. The molecular formula is C16H19ClN2. The van der Waals surface area contributed by atoms with Gasteiger partial charge in [0.25, 0.3) is 0 Å². The average molecular weight is 275 g/mol. The van der Waals surface area contributed by atoms with Crippen molar-refractivity contribution in [3.05, 3.63) is 64.9 Å². The summed E-state index contributed by atoms with van der Waals surface area (Å²) >= 11 is 6.31. The number of benzene rings is 1. The van der Waals surface area contributed by atoms with Gasteiger partial charge < -0.3 is 5.32 Å². The summed E-state index contributed by atoms with van der Waals surface area (Å²) in [4.78, 5) is 4.06. The Morgan fingerprint density at radius 3 is 2.58 bits per heavy atom. The van der Waals surface area contributed by atoms with Crippen LogP contribution in [-0.4, -0.2) is 11.5 Å². The zero-order valence-corrected chi connectivity index (χ0v) is 11.9. The molecular weight excluding hydrogens is 256 g/mol. The lowest BCUT2D eigenvalue weighted by atomic mass is 9.99. The van der Waals surface area contributed by atoms with E-state index in [2.05, 4.69) is 35.4 Å². The van der Waals surface area contributed by atoms with Crippen LogP contribution in [0.25, 0.3) is 0 Å². The van der Waals surface area contributed by atoms with Gasteiger partial charge in [-0.15, -0.1) is 0 Å². The summed E-state index contributed by atoms with van der Waals surface area (Å²) in [7, 11) is 0. The molecule has 3 heteroatoms. The predicted molar refractivity (Wildman–Crippen MR) is 80.4 cm³/mol. The molecule has 1 aromatic heterocycles. The van der Waals surface area contributed by atoms with Crippen molar-refractivity contribution in [2.24, 2.45) is 0 Å². The molecule has 0 bridgehead atoms. The van der Waals surface area contributed by atoms with E-state index < -0.39 is 0 Å². The Hall–Kier alpha value is -1.38. The largest absolute Gasteiger partial charge is 0.310 e. The fraction of sp³-hybridized carbons (Fsp3) is 0.312. The molecule has 0 aliphatic heterocycles. The van der Waals surface area contributed by atoms with Gasteiger partial charge in [-0.3, -0.25) is 4.98 Å². The Labute approximate surface area is 119 Å².